The number of ether oxygens (including phenoxy) is 2. The average molecular weight is 290 g/mol. The normalized spacial score (nSPS) is 21.9. The predicted octanol–water partition coefficient (Wildman–Crippen LogP) is 1.42. The lowest BCUT2D eigenvalue weighted by molar-refractivity contribution is -0.124. The van der Waals surface area contributed by atoms with Crippen molar-refractivity contribution in [2.45, 2.75) is 19.4 Å². The van der Waals surface area contributed by atoms with Crippen molar-refractivity contribution >= 4 is 5.91 Å². The summed E-state index contributed by atoms with van der Waals surface area (Å²) < 4.78 is 11.6. The lowest BCUT2D eigenvalue weighted by atomic mass is 10.1. The number of hydrogen-bond acceptors (Lipinski definition) is 4. The summed E-state index contributed by atoms with van der Waals surface area (Å²) in [5, 5.41) is 2.74. The SMILES string of the molecule is CNC(=O)C1CCN(Cc2cccc3c2OCCCO3)C1. The maximum atomic E-state index is 11.7. The topological polar surface area (TPSA) is 50.8 Å². The fourth-order valence-electron chi connectivity index (χ4n) is 3.01. The van der Waals surface area contributed by atoms with Crippen LogP contribution >= 0.6 is 0 Å². The van der Waals surface area contributed by atoms with Crippen LogP contribution in [0.3, 0.4) is 0 Å². The molecule has 2 heterocycles. The van der Waals surface area contributed by atoms with Crippen molar-refractivity contribution in [2.75, 3.05) is 33.4 Å². The summed E-state index contributed by atoms with van der Waals surface area (Å²) in [7, 11) is 1.70. The maximum Gasteiger partial charge on any atom is 0.224 e. The molecule has 0 aliphatic carbocycles. The molecule has 0 spiro atoms. The van der Waals surface area contributed by atoms with E-state index in [1.54, 1.807) is 7.05 Å². The van der Waals surface area contributed by atoms with E-state index in [1.807, 2.05) is 12.1 Å². The van der Waals surface area contributed by atoms with Gasteiger partial charge < -0.3 is 14.8 Å². The Hall–Kier alpha value is -1.75. The van der Waals surface area contributed by atoms with E-state index in [2.05, 4.69) is 16.3 Å². The molecule has 1 amide bonds. The van der Waals surface area contributed by atoms with E-state index in [1.165, 1.54) is 0 Å². The monoisotopic (exact) mass is 290 g/mol. The molecule has 114 valence electrons. The van der Waals surface area contributed by atoms with Gasteiger partial charge in [0.25, 0.3) is 0 Å². The molecule has 1 fully saturated rings. The summed E-state index contributed by atoms with van der Waals surface area (Å²) in [6, 6.07) is 6.05. The van der Waals surface area contributed by atoms with Crippen molar-refractivity contribution in [3.05, 3.63) is 23.8 Å². The Morgan fingerprint density at radius 3 is 3.10 bits per heavy atom. The first-order valence-electron chi connectivity index (χ1n) is 7.59. The fraction of sp³-hybridized carbons (Fsp3) is 0.562. The third-order valence-corrected chi connectivity index (χ3v) is 4.14. The Bertz CT molecular complexity index is 518. The summed E-state index contributed by atoms with van der Waals surface area (Å²) in [4.78, 5) is 14.0. The first kappa shape index (κ1) is 14.2. The molecular weight excluding hydrogens is 268 g/mol. The number of amides is 1. The Morgan fingerprint density at radius 2 is 2.24 bits per heavy atom. The fourth-order valence-corrected chi connectivity index (χ4v) is 3.01. The molecule has 5 nitrogen and oxygen atoms in total. The number of hydrogen-bond donors (Lipinski definition) is 1. The van der Waals surface area contributed by atoms with Gasteiger partial charge in [-0.15, -0.1) is 0 Å². The van der Waals surface area contributed by atoms with Gasteiger partial charge >= 0.3 is 0 Å². The first-order valence-corrected chi connectivity index (χ1v) is 7.59. The van der Waals surface area contributed by atoms with Crippen LogP contribution in [0.4, 0.5) is 0 Å². The smallest absolute Gasteiger partial charge is 0.224 e. The third-order valence-electron chi connectivity index (χ3n) is 4.14. The second-order valence-electron chi connectivity index (χ2n) is 5.63. The van der Waals surface area contributed by atoms with Gasteiger partial charge in [-0.1, -0.05) is 12.1 Å². The largest absolute Gasteiger partial charge is 0.490 e. The highest BCUT2D eigenvalue weighted by molar-refractivity contribution is 5.78. The van der Waals surface area contributed by atoms with Crippen LogP contribution in [0.1, 0.15) is 18.4 Å². The molecule has 5 heteroatoms. The van der Waals surface area contributed by atoms with E-state index < -0.39 is 0 Å². The summed E-state index contributed by atoms with van der Waals surface area (Å²) in [6.45, 7) is 3.97. The average Bonchev–Trinajstić information content (AvgIpc) is 2.83. The maximum absolute atomic E-state index is 11.7. The van der Waals surface area contributed by atoms with Crippen molar-refractivity contribution < 1.29 is 14.3 Å². The van der Waals surface area contributed by atoms with Gasteiger partial charge in [0, 0.05) is 32.1 Å². The van der Waals surface area contributed by atoms with Crippen LogP contribution in [-0.4, -0.2) is 44.2 Å². The van der Waals surface area contributed by atoms with Gasteiger partial charge in [0.15, 0.2) is 11.5 Å². The van der Waals surface area contributed by atoms with Crippen LogP contribution in [-0.2, 0) is 11.3 Å². The molecule has 2 aliphatic rings. The molecule has 1 unspecified atom stereocenters. The summed E-state index contributed by atoms with van der Waals surface area (Å²) in [5.74, 6) is 1.96. The highest BCUT2D eigenvalue weighted by atomic mass is 16.5. The molecule has 0 radical (unpaired) electrons. The van der Waals surface area contributed by atoms with E-state index in [-0.39, 0.29) is 11.8 Å². The lowest BCUT2D eigenvalue weighted by Crippen LogP contribution is -2.30. The molecule has 0 aromatic heterocycles. The first-order chi connectivity index (χ1) is 10.3. The molecule has 1 saturated heterocycles. The Balaban J connectivity index is 1.70. The second kappa shape index (κ2) is 6.35. The Kier molecular flexibility index (Phi) is 4.29. The second-order valence-corrected chi connectivity index (χ2v) is 5.63. The molecule has 2 aliphatic heterocycles. The van der Waals surface area contributed by atoms with Crippen LogP contribution in [0.2, 0.25) is 0 Å². The third kappa shape index (κ3) is 3.13. The zero-order valence-electron chi connectivity index (χ0n) is 12.4. The molecule has 21 heavy (non-hydrogen) atoms. The van der Waals surface area contributed by atoms with Gasteiger partial charge in [-0.25, -0.2) is 0 Å². The predicted molar refractivity (Wildman–Crippen MR) is 79.5 cm³/mol. The molecular formula is C16H22N2O3. The zero-order valence-corrected chi connectivity index (χ0v) is 12.4. The molecule has 1 aromatic carbocycles. The number of likely N-dealkylation sites (tertiary alicyclic amines) is 1. The van der Waals surface area contributed by atoms with Crippen LogP contribution in [0.15, 0.2) is 18.2 Å². The molecule has 1 atom stereocenters. The van der Waals surface area contributed by atoms with Gasteiger partial charge in [0.05, 0.1) is 19.1 Å². The summed E-state index contributed by atoms with van der Waals surface area (Å²) in [6.07, 6.45) is 1.84. The minimum atomic E-state index is 0.106. The highest BCUT2D eigenvalue weighted by Crippen LogP contribution is 2.34. The highest BCUT2D eigenvalue weighted by Gasteiger charge is 2.28. The number of carbonyl (C=O) groups excluding carboxylic acids is 1. The van der Waals surface area contributed by atoms with Crippen LogP contribution in [0.5, 0.6) is 11.5 Å². The van der Waals surface area contributed by atoms with E-state index in [0.717, 1.165) is 49.5 Å². The van der Waals surface area contributed by atoms with Gasteiger partial charge in [0.1, 0.15) is 0 Å². The van der Waals surface area contributed by atoms with Crippen molar-refractivity contribution in [2.24, 2.45) is 5.92 Å². The van der Waals surface area contributed by atoms with Crippen molar-refractivity contribution in [1.29, 1.82) is 0 Å². The zero-order chi connectivity index (χ0) is 14.7. The van der Waals surface area contributed by atoms with Crippen LogP contribution in [0, 0.1) is 5.92 Å². The van der Waals surface area contributed by atoms with Crippen LogP contribution in [0.25, 0.3) is 0 Å². The summed E-state index contributed by atoms with van der Waals surface area (Å²) >= 11 is 0. The number of carbonyl (C=O) groups is 1. The number of fused-ring (bicyclic) bond motifs is 1. The van der Waals surface area contributed by atoms with E-state index in [0.29, 0.717) is 13.2 Å². The summed E-state index contributed by atoms with van der Waals surface area (Å²) in [5.41, 5.74) is 1.15. The van der Waals surface area contributed by atoms with Gasteiger partial charge in [-0.2, -0.15) is 0 Å². The number of nitrogens with one attached hydrogen (secondary N) is 1. The van der Waals surface area contributed by atoms with Gasteiger partial charge in [-0.05, 0) is 19.0 Å². The molecule has 3 rings (SSSR count). The quantitative estimate of drug-likeness (QED) is 0.914. The van der Waals surface area contributed by atoms with Crippen molar-refractivity contribution in [1.82, 2.24) is 10.2 Å². The number of para-hydroxylation sites is 1. The minimum Gasteiger partial charge on any atom is -0.490 e. The van der Waals surface area contributed by atoms with E-state index in [4.69, 9.17) is 9.47 Å². The van der Waals surface area contributed by atoms with Crippen LogP contribution < -0.4 is 14.8 Å². The van der Waals surface area contributed by atoms with E-state index >= 15 is 0 Å². The number of rotatable bonds is 3. The van der Waals surface area contributed by atoms with Gasteiger partial charge in [-0.3, -0.25) is 9.69 Å². The molecule has 0 bridgehead atoms. The molecule has 1 aromatic rings. The number of benzene rings is 1. The standard InChI is InChI=1S/C16H22N2O3/c1-17-16(19)13-6-7-18(11-13)10-12-4-2-5-14-15(12)21-9-3-8-20-14/h2,4-5,13H,3,6-11H2,1H3,(H,17,19). The van der Waals surface area contributed by atoms with Gasteiger partial charge in [0.2, 0.25) is 5.91 Å². The van der Waals surface area contributed by atoms with Crippen molar-refractivity contribution in [3.8, 4) is 11.5 Å². The minimum absolute atomic E-state index is 0.106. The van der Waals surface area contributed by atoms with Crippen molar-refractivity contribution in [3.63, 3.8) is 0 Å². The molecule has 0 saturated carbocycles. The lowest BCUT2D eigenvalue weighted by Gasteiger charge is -2.19. The number of nitrogens with zero attached hydrogens (tertiary/aromatic N) is 1. The Morgan fingerprint density at radius 1 is 1.38 bits per heavy atom. The molecule has 1 N–H and O–H groups in total. The Labute approximate surface area is 125 Å². The van der Waals surface area contributed by atoms with E-state index in [9.17, 15) is 4.79 Å².